The van der Waals surface area contributed by atoms with E-state index in [1.54, 1.807) is 13.2 Å². The van der Waals surface area contributed by atoms with Crippen LogP contribution in [0, 0.1) is 6.92 Å². The van der Waals surface area contributed by atoms with Crippen molar-refractivity contribution in [3.63, 3.8) is 0 Å². The van der Waals surface area contributed by atoms with E-state index < -0.39 is 0 Å². The number of aryl methyl sites for hydroxylation is 1. The molecule has 0 saturated carbocycles. The molecule has 1 N–H and O–H groups in total. The van der Waals surface area contributed by atoms with Crippen LogP contribution in [-0.4, -0.2) is 17.3 Å². The van der Waals surface area contributed by atoms with Gasteiger partial charge in [0.2, 0.25) is 0 Å². The Morgan fingerprint density at radius 2 is 2.54 bits per heavy atom. The third-order valence-electron chi connectivity index (χ3n) is 2.22. The van der Waals surface area contributed by atoms with Crippen molar-refractivity contribution in [3.8, 4) is 0 Å². The first-order valence-corrected chi connectivity index (χ1v) is 4.43. The third kappa shape index (κ3) is 1.78. The number of rotatable bonds is 1. The fourth-order valence-corrected chi connectivity index (χ4v) is 1.54. The van der Waals surface area contributed by atoms with E-state index >= 15 is 0 Å². The van der Waals surface area contributed by atoms with Crippen molar-refractivity contribution < 1.29 is 9.21 Å². The number of Topliss-reactive ketones (excluding diaryl/α,β-unsaturated/α-hetero) is 1. The molecule has 0 aromatic carbocycles. The number of hydrogen-bond donors (Lipinski definition) is 1. The van der Waals surface area contributed by atoms with Crippen LogP contribution >= 0.6 is 0 Å². The zero-order valence-corrected chi connectivity index (χ0v) is 7.54. The van der Waals surface area contributed by atoms with Crippen molar-refractivity contribution in [2.45, 2.75) is 25.8 Å². The SMILES string of the molecule is Cc1nc(C2CC(=O)CCN2)co1. The maximum absolute atomic E-state index is 11.2. The van der Waals surface area contributed by atoms with E-state index in [1.165, 1.54) is 0 Å². The van der Waals surface area contributed by atoms with Gasteiger partial charge in [-0.25, -0.2) is 4.98 Å². The zero-order valence-electron chi connectivity index (χ0n) is 7.54. The van der Waals surface area contributed by atoms with E-state index in [2.05, 4.69) is 10.3 Å². The van der Waals surface area contributed by atoms with Gasteiger partial charge in [0.15, 0.2) is 5.89 Å². The molecule has 2 rings (SSSR count). The molecule has 70 valence electrons. The molecule has 1 aromatic heterocycles. The molecule has 13 heavy (non-hydrogen) atoms. The molecule has 1 saturated heterocycles. The van der Waals surface area contributed by atoms with Crippen molar-refractivity contribution in [2.75, 3.05) is 6.54 Å². The molecule has 1 aliphatic rings. The zero-order chi connectivity index (χ0) is 9.26. The van der Waals surface area contributed by atoms with Gasteiger partial charge in [-0.15, -0.1) is 0 Å². The highest BCUT2D eigenvalue weighted by atomic mass is 16.3. The Kier molecular flexibility index (Phi) is 2.14. The van der Waals surface area contributed by atoms with Crippen LogP contribution < -0.4 is 5.32 Å². The quantitative estimate of drug-likeness (QED) is 0.699. The first kappa shape index (κ1) is 8.44. The maximum atomic E-state index is 11.2. The molecule has 1 aliphatic heterocycles. The van der Waals surface area contributed by atoms with Gasteiger partial charge in [-0.2, -0.15) is 0 Å². The maximum Gasteiger partial charge on any atom is 0.191 e. The van der Waals surface area contributed by atoms with Crippen LogP contribution in [-0.2, 0) is 4.79 Å². The molecule has 0 amide bonds. The number of carbonyl (C=O) groups excluding carboxylic acids is 1. The Hall–Kier alpha value is -1.16. The van der Waals surface area contributed by atoms with E-state index in [0.29, 0.717) is 24.5 Å². The largest absolute Gasteiger partial charge is 0.449 e. The molecule has 1 unspecified atom stereocenters. The number of nitrogens with one attached hydrogen (secondary N) is 1. The number of piperidine rings is 1. The summed E-state index contributed by atoms with van der Waals surface area (Å²) in [5.74, 6) is 0.944. The molecule has 0 aliphatic carbocycles. The lowest BCUT2D eigenvalue weighted by molar-refractivity contribution is -0.120. The van der Waals surface area contributed by atoms with E-state index in [0.717, 1.165) is 12.2 Å². The first-order chi connectivity index (χ1) is 6.25. The molecule has 0 spiro atoms. The number of aromatic nitrogens is 1. The topological polar surface area (TPSA) is 55.1 Å². The molecule has 4 heteroatoms. The second-order valence-corrected chi connectivity index (χ2v) is 3.29. The number of oxazole rings is 1. The summed E-state index contributed by atoms with van der Waals surface area (Å²) >= 11 is 0. The Balaban J connectivity index is 2.12. The third-order valence-corrected chi connectivity index (χ3v) is 2.22. The Bertz CT molecular complexity index is 319. The average Bonchev–Trinajstić information content (AvgIpc) is 2.52. The van der Waals surface area contributed by atoms with Crippen LogP contribution in [0.1, 0.15) is 30.5 Å². The van der Waals surface area contributed by atoms with Crippen molar-refractivity contribution in [1.82, 2.24) is 10.3 Å². The number of hydrogen-bond acceptors (Lipinski definition) is 4. The van der Waals surface area contributed by atoms with Crippen molar-refractivity contribution in [2.24, 2.45) is 0 Å². The van der Waals surface area contributed by atoms with E-state index in [1.807, 2.05) is 0 Å². The highest BCUT2D eigenvalue weighted by Gasteiger charge is 2.22. The lowest BCUT2D eigenvalue weighted by Crippen LogP contribution is -2.32. The van der Waals surface area contributed by atoms with E-state index in [-0.39, 0.29) is 6.04 Å². The second kappa shape index (κ2) is 3.30. The highest BCUT2D eigenvalue weighted by Crippen LogP contribution is 2.19. The predicted molar refractivity (Wildman–Crippen MR) is 46.2 cm³/mol. The minimum absolute atomic E-state index is 0.0544. The molecular weight excluding hydrogens is 168 g/mol. The van der Waals surface area contributed by atoms with Crippen LogP contribution in [0.5, 0.6) is 0 Å². The minimum atomic E-state index is 0.0544. The number of ketones is 1. The van der Waals surface area contributed by atoms with Gasteiger partial charge in [0.1, 0.15) is 12.0 Å². The van der Waals surface area contributed by atoms with Gasteiger partial charge in [-0.3, -0.25) is 4.79 Å². The number of carbonyl (C=O) groups is 1. The fourth-order valence-electron chi connectivity index (χ4n) is 1.54. The van der Waals surface area contributed by atoms with Crippen LogP contribution in [0.3, 0.4) is 0 Å². The lowest BCUT2D eigenvalue weighted by atomic mass is 10.0. The van der Waals surface area contributed by atoms with Crippen molar-refractivity contribution in [3.05, 3.63) is 17.8 Å². The summed E-state index contributed by atoms with van der Waals surface area (Å²) in [6, 6.07) is 0.0544. The monoisotopic (exact) mass is 180 g/mol. The Labute approximate surface area is 76.3 Å². The smallest absolute Gasteiger partial charge is 0.191 e. The summed E-state index contributed by atoms with van der Waals surface area (Å²) in [5, 5.41) is 3.24. The lowest BCUT2D eigenvalue weighted by Gasteiger charge is -2.20. The average molecular weight is 180 g/mol. The summed E-state index contributed by atoms with van der Waals surface area (Å²) in [6.07, 6.45) is 2.78. The summed E-state index contributed by atoms with van der Waals surface area (Å²) in [5.41, 5.74) is 0.838. The van der Waals surface area contributed by atoms with Crippen LogP contribution in [0.4, 0.5) is 0 Å². The highest BCUT2D eigenvalue weighted by molar-refractivity contribution is 5.80. The molecule has 0 radical (unpaired) electrons. The van der Waals surface area contributed by atoms with Gasteiger partial charge < -0.3 is 9.73 Å². The summed E-state index contributed by atoms with van der Waals surface area (Å²) in [7, 11) is 0. The van der Waals surface area contributed by atoms with Gasteiger partial charge in [-0.1, -0.05) is 0 Å². The van der Waals surface area contributed by atoms with E-state index in [4.69, 9.17) is 4.42 Å². The second-order valence-electron chi connectivity index (χ2n) is 3.29. The van der Waals surface area contributed by atoms with Gasteiger partial charge >= 0.3 is 0 Å². The summed E-state index contributed by atoms with van der Waals surface area (Å²) in [6.45, 7) is 2.55. The molecule has 4 nitrogen and oxygen atoms in total. The molecule has 1 atom stereocenters. The van der Waals surface area contributed by atoms with Gasteiger partial charge in [0.05, 0.1) is 11.7 Å². The molecular formula is C9H12N2O2. The van der Waals surface area contributed by atoms with E-state index in [9.17, 15) is 4.79 Å². The van der Waals surface area contributed by atoms with Gasteiger partial charge in [0.25, 0.3) is 0 Å². The normalized spacial score (nSPS) is 23.5. The van der Waals surface area contributed by atoms with Crippen molar-refractivity contribution >= 4 is 5.78 Å². The standard InChI is InChI=1S/C9H12N2O2/c1-6-11-9(5-13-6)8-4-7(12)2-3-10-8/h5,8,10H,2-4H2,1H3. The molecule has 0 bridgehead atoms. The first-order valence-electron chi connectivity index (χ1n) is 4.43. The summed E-state index contributed by atoms with van der Waals surface area (Å²) < 4.78 is 5.09. The summed E-state index contributed by atoms with van der Waals surface area (Å²) in [4.78, 5) is 15.3. The minimum Gasteiger partial charge on any atom is -0.449 e. The molecule has 2 heterocycles. The van der Waals surface area contributed by atoms with Gasteiger partial charge in [-0.05, 0) is 0 Å². The van der Waals surface area contributed by atoms with Crippen LogP contribution in [0.15, 0.2) is 10.7 Å². The van der Waals surface area contributed by atoms with Crippen LogP contribution in [0.2, 0.25) is 0 Å². The predicted octanol–water partition coefficient (Wildman–Crippen LogP) is 0.977. The Morgan fingerprint density at radius 1 is 1.69 bits per heavy atom. The van der Waals surface area contributed by atoms with Crippen LogP contribution in [0.25, 0.3) is 0 Å². The molecule has 1 fully saturated rings. The molecule has 1 aromatic rings. The van der Waals surface area contributed by atoms with Crippen molar-refractivity contribution in [1.29, 1.82) is 0 Å². The fraction of sp³-hybridized carbons (Fsp3) is 0.556. The number of nitrogens with zero attached hydrogens (tertiary/aromatic N) is 1. The Morgan fingerprint density at radius 3 is 3.15 bits per heavy atom. The van der Waals surface area contributed by atoms with Gasteiger partial charge in [0, 0.05) is 26.3 Å².